The van der Waals surface area contributed by atoms with Gasteiger partial charge in [-0.05, 0) is 32.6 Å². The summed E-state index contributed by atoms with van der Waals surface area (Å²) in [7, 11) is 1.41. The van der Waals surface area contributed by atoms with E-state index in [1.54, 1.807) is 6.92 Å². The van der Waals surface area contributed by atoms with Crippen LogP contribution in [0.1, 0.15) is 41.9 Å². The van der Waals surface area contributed by atoms with Crippen LogP contribution in [0.15, 0.2) is 10.8 Å². The van der Waals surface area contributed by atoms with Crippen LogP contribution < -0.4 is 5.32 Å². The number of carbonyl (C=O) groups is 2. The molecule has 1 heterocycles. The van der Waals surface area contributed by atoms with Crippen molar-refractivity contribution in [3.05, 3.63) is 17.8 Å². The molecular formula is C13H18N2O4. The molecule has 0 bridgehead atoms. The summed E-state index contributed by atoms with van der Waals surface area (Å²) in [6.45, 7) is 1.73. The van der Waals surface area contributed by atoms with E-state index in [-0.39, 0.29) is 29.6 Å². The zero-order valence-corrected chi connectivity index (χ0v) is 11.1. The number of rotatable bonds is 3. The van der Waals surface area contributed by atoms with E-state index in [0.29, 0.717) is 5.69 Å². The monoisotopic (exact) mass is 266 g/mol. The second-order valence-corrected chi connectivity index (χ2v) is 4.81. The van der Waals surface area contributed by atoms with E-state index in [1.807, 2.05) is 0 Å². The van der Waals surface area contributed by atoms with E-state index in [4.69, 9.17) is 9.15 Å². The highest BCUT2D eigenvalue weighted by Gasteiger charge is 2.28. The Balaban J connectivity index is 1.85. The molecule has 1 aliphatic carbocycles. The Kier molecular flexibility index (Phi) is 4.19. The molecule has 1 aromatic rings. The zero-order chi connectivity index (χ0) is 13.8. The highest BCUT2D eigenvalue weighted by molar-refractivity contribution is 5.92. The van der Waals surface area contributed by atoms with Crippen LogP contribution >= 0.6 is 0 Å². The van der Waals surface area contributed by atoms with Crippen LogP contribution in [0.2, 0.25) is 0 Å². The summed E-state index contributed by atoms with van der Waals surface area (Å²) in [5, 5.41) is 2.91. The Morgan fingerprint density at radius 3 is 2.58 bits per heavy atom. The van der Waals surface area contributed by atoms with Gasteiger partial charge in [-0.1, -0.05) is 0 Å². The number of amides is 1. The first kappa shape index (κ1) is 13.6. The van der Waals surface area contributed by atoms with Crippen molar-refractivity contribution in [2.75, 3.05) is 7.11 Å². The molecule has 1 amide bonds. The number of carbonyl (C=O) groups excluding carboxylic acids is 2. The van der Waals surface area contributed by atoms with E-state index >= 15 is 0 Å². The lowest BCUT2D eigenvalue weighted by Gasteiger charge is -2.27. The molecule has 1 aliphatic rings. The predicted octanol–water partition coefficient (Wildman–Crippen LogP) is 1.44. The van der Waals surface area contributed by atoms with E-state index in [1.165, 1.54) is 13.5 Å². The van der Waals surface area contributed by atoms with Crippen LogP contribution in [0, 0.1) is 12.8 Å². The summed E-state index contributed by atoms with van der Waals surface area (Å²) in [4.78, 5) is 27.2. The maximum atomic E-state index is 11.9. The van der Waals surface area contributed by atoms with Crippen molar-refractivity contribution in [3.63, 3.8) is 0 Å². The molecular weight excluding hydrogens is 248 g/mol. The number of nitrogens with one attached hydrogen (secondary N) is 1. The lowest BCUT2D eigenvalue weighted by Crippen LogP contribution is -2.39. The van der Waals surface area contributed by atoms with Gasteiger partial charge >= 0.3 is 5.97 Å². The normalized spacial score (nSPS) is 22.8. The first-order chi connectivity index (χ1) is 9.11. The minimum absolute atomic E-state index is 0.0369. The van der Waals surface area contributed by atoms with Crippen molar-refractivity contribution in [1.82, 2.24) is 10.3 Å². The number of aryl methyl sites for hydroxylation is 1. The SMILES string of the molecule is COC(=O)C1CCC(NC(=O)c2ocnc2C)CC1. The van der Waals surface area contributed by atoms with E-state index in [2.05, 4.69) is 10.3 Å². The maximum Gasteiger partial charge on any atom is 0.308 e. The number of hydrogen-bond donors (Lipinski definition) is 1. The number of aromatic nitrogens is 1. The van der Waals surface area contributed by atoms with Crippen LogP contribution in [-0.2, 0) is 9.53 Å². The smallest absolute Gasteiger partial charge is 0.308 e. The molecule has 0 radical (unpaired) electrons. The lowest BCUT2D eigenvalue weighted by molar-refractivity contribution is -0.146. The molecule has 0 atom stereocenters. The summed E-state index contributed by atoms with van der Waals surface area (Å²) in [5.74, 6) is -0.173. The zero-order valence-electron chi connectivity index (χ0n) is 11.1. The second-order valence-electron chi connectivity index (χ2n) is 4.81. The van der Waals surface area contributed by atoms with Crippen LogP contribution in [-0.4, -0.2) is 30.0 Å². The van der Waals surface area contributed by atoms with Crippen molar-refractivity contribution in [2.24, 2.45) is 5.92 Å². The largest absolute Gasteiger partial charge is 0.469 e. The fourth-order valence-electron chi connectivity index (χ4n) is 2.41. The number of ether oxygens (including phenoxy) is 1. The van der Waals surface area contributed by atoms with Gasteiger partial charge in [0.05, 0.1) is 18.7 Å². The fraction of sp³-hybridized carbons (Fsp3) is 0.615. The van der Waals surface area contributed by atoms with Gasteiger partial charge in [0.15, 0.2) is 6.39 Å². The third-order valence-corrected chi connectivity index (χ3v) is 3.55. The molecule has 2 rings (SSSR count). The van der Waals surface area contributed by atoms with Gasteiger partial charge in [-0.15, -0.1) is 0 Å². The molecule has 0 unspecified atom stereocenters. The minimum Gasteiger partial charge on any atom is -0.469 e. The molecule has 1 aromatic heterocycles. The molecule has 0 aliphatic heterocycles. The lowest BCUT2D eigenvalue weighted by atomic mass is 9.86. The number of methoxy groups -OCH3 is 1. The Hall–Kier alpha value is -1.85. The van der Waals surface area contributed by atoms with Crippen molar-refractivity contribution in [2.45, 2.75) is 38.6 Å². The Morgan fingerprint density at radius 1 is 1.37 bits per heavy atom. The first-order valence-corrected chi connectivity index (χ1v) is 6.40. The van der Waals surface area contributed by atoms with Gasteiger partial charge in [0.1, 0.15) is 0 Å². The summed E-state index contributed by atoms with van der Waals surface area (Å²) < 4.78 is 9.78. The standard InChI is InChI=1S/C13H18N2O4/c1-8-11(19-7-14-8)12(16)15-10-5-3-9(4-6-10)13(17)18-2/h7,9-10H,3-6H2,1-2H3,(H,15,16). The minimum atomic E-state index is -0.239. The summed E-state index contributed by atoms with van der Waals surface area (Å²) in [5.41, 5.74) is 0.584. The van der Waals surface area contributed by atoms with Crippen LogP contribution in [0.4, 0.5) is 0 Å². The molecule has 1 saturated carbocycles. The van der Waals surface area contributed by atoms with Gasteiger partial charge < -0.3 is 14.5 Å². The number of hydrogen-bond acceptors (Lipinski definition) is 5. The number of oxazole rings is 1. The molecule has 104 valence electrons. The van der Waals surface area contributed by atoms with E-state index in [0.717, 1.165) is 25.7 Å². The molecule has 1 N–H and O–H groups in total. The van der Waals surface area contributed by atoms with Gasteiger partial charge in [0, 0.05) is 6.04 Å². The van der Waals surface area contributed by atoms with Gasteiger partial charge in [0.25, 0.3) is 5.91 Å². The van der Waals surface area contributed by atoms with Crippen LogP contribution in [0.25, 0.3) is 0 Å². The van der Waals surface area contributed by atoms with Gasteiger partial charge in [-0.2, -0.15) is 0 Å². The highest BCUT2D eigenvalue weighted by Crippen LogP contribution is 2.25. The maximum absolute atomic E-state index is 11.9. The van der Waals surface area contributed by atoms with Crippen molar-refractivity contribution >= 4 is 11.9 Å². The third kappa shape index (κ3) is 3.13. The first-order valence-electron chi connectivity index (χ1n) is 6.40. The fourth-order valence-corrected chi connectivity index (χ4v) is 2.41. The molecule has 0 aromatic carbocycles. The topological polar surface area (TPSA) is 81.4 Å². The molecule has 6 heteroatoms. The second kappa shape index (κ2) is 5.86. The number of esters is 1. The van der Waals surface area contributed by atoms with E-state index in [9.17, 15) is 9.59 Å². The van der Waals surface area contributed by atoms with Crippen LogP contribution in [0.5, 0.6) is 0 Å². The molecule has 19 heavy (non-hydrogen) atoms. The molecule has 1 fully saturated rings. The van der Waals surface area contributed by atoms with Gasteiger partial charge in [-0.3, -0.25) is 9.59 Å². The average Bonchev–Trinajstić information content (AvgIpc) is 2.85. The molecule has 0 spiro atoms. The van der Waals surface area contributed by atoms with Crippen molar-refractivity contribution < 1.29 is 18.7 Å². The van der Waals surface area contributed by atoms with Crippen LogP contribution in [0.3, 0.4) is 0 Å². The number of nitrogens with zero attached hydrogens (tertiary/aromatic N) is 1. The Bertz CT molecular complexity index is 461. The van der Waals surface area contributed by atoms with Crippen molar-refractivity contribution in [1.29, 1.82) is 0 Å². The average molecular weight is 266 g/mol. The van der Waals surface area contributed by atoms with Crippen molar-refractivity contribution in [3.8, 4) is 0 Å². The van der Waals surface area contributed by atoms with E-state index < -0.39 is 0 Å². The van der Waals surface area contributed by atoms with Gasteiger partial charge in [-0.25, -0.2) is 4.98 Å². The molecule has 6 nitrogen and oxygen atoms in total. The third-order valence-electron chi connectivity index (χ3n) is 3.55. The summed E-state index contributed by atoms with van der Waals surface area (Å²) in [6.07, 6.45) is 4.30. The summed E-state index contributed by atoms with van der Waals surface area (Å²) >= 11 is 0. The quantitative estimate of drug-likeness (QED) is 0.837. The predicted molar refractivity (Wildman–Crippen MR) is 66.5 cm³/mol. The van der Waals surface area contributed by atoms with Gasteiger partial charge in [0.2, 0.25) is 5.76 Å². The summed E-state index contributed by atoms with van der Waals surface area (Å²) in [6, 6.07) is 0.0814. The molecule has 0 saturated heterocycles. The highest BCUT2D eigenvalue weighted by atomic mass is 16.5. The Labute approximate surface area is 111 Å². The Morgan fingerprint density at radius 2 is 2.05 bits per heavy atom.